The second-order valence-corrected chi connectivity index (χ2v) is 6.78. The number of aromatic nitrogens is 2. The van der Waals surface area contributed by atoms with E-state index in [-0.39, 0.29) is 5.91 Å². The second-order valence-electron chi connectivity index (χ2n) is 6.78. The number of hydrogen-bond acceptors (Lipinski definition) is 4. The van der Waals surface area contributed by atoms with Crippen molar-refractivity contribution in [2.75, 3.05) is 5.73 Å². The fraction of sp³-hybridized carbons (Fsp3) is 0.0870. The predicted octanol–water partition coefficient (Wildman–Crippen LogP) is 3.61. The molecular formula is C23H20N4O2. The van der Waals surface area contributed by atoms with Gasteiger partial charge in [-0.1, -0.05) is 48.5 Å². The van der Waals surface area contributed by atoms with Gasteiger partial charge in [0.15, 0.2) is 6.20 Å². The van der Waals surface area contributed by atoms with E-state index in [0.29, 0.717) is 33.5 Å². The van der Waals surface area contributed by atoms with Crippen LogP contribution in [0.2, 0.25) is 0 Å². The molecule has 0 aliphatic heterocycles. The Morgan fingerprint density at radius 1 is 1.03 bits per heavy atom. The molecule has 6 nitrogen and oxygen atoms in total. The largest absolute Gasteiger partial charge is 0.618 e. The summed E-state index contributed by atoms with van der Waals surface area (Å²) in [4.78, 5) is 17.9. The van der Waals surface area contributed by atoms with Crippen molar-refractivity contribution in [1.82, 2.24) is 10.3 Å². The van der Waals surface area contributed by atoms with E-state index in [1.54, 1.807) is 25.1 Å². The number of fused-ring (bicyclic) bond motifs is 1. The Morgan fingerprint density at radius 2 is 1.72 bits per heavy atom. The highest BCUT2D eigenvalue weighted by molar-refractivity contribution is 6.12. The highest BCUT2D eigenvalue weighted by atomic mass is 16.5. The monoisotopic (exact) mass is 384 g/mol. The summed E-state index contributed by atoms with van der Waals surface area (Å²) in [5.41, 5.74) is 9.61. The molecule has 1 amide bonds. The maximum atomic E-state index is 13.2. The SMILES string of the molecule is CC(NC(=O)c1c(N)c(-c2ccccc2)nc2ccccc12)c1cccc[n+]1[O-]. The van der Waals surface area contributed by atoms with Gasteiger partial charge in [0.2, 0.25) is 5.69 Å². The lowest BCUT2D eigenvalue weighted by Crippen LogP contribution is -2.38. The molecule has 0 saturated heterocycles. The molecule has 2 aromatic carbocycles. The molecule has 0 aliphatic rings. The van der Waals surface area contributed by atoms with Crippen LogP contribution in [0.5, 0.6) is 0 Å². The number of nitrogen functional groups attached to an aromatic ring is 1. The Bertz CT molecular complexity index is 1190. The van der Waals surface area contributed by atoms with Crippen molar-refractivity contribution < 1.29 is 9.52 Å². The van der Waals surface area contributed by atoms with Crippen molar-refractivity contribution >= 4 is 22.5 Å². The van der Waals surface area contributed by atoms with Gasteiger partial charge in [0.25, 0.3) is 5.91 Å². The van der Waals surface area contributed by atoms with Crippen LogP contribution in [0.1, 0.15) is 29.0 Å². The number of nitrogens with one attached hydrogen (secondary N) is 1. The quantitative estimate of drug-likeness (QED) is 0.415. The van der Waals surface area contributed by atoms with Crippen molar-refractivity contribution in [3.63, 3.8) is 0 Å². The van der Waals surface area contributed by atoms with Gasteiger partial charge < -0.3 is 16.3 Å². The standard InChI is InChI=1S/C23H20N4O2/c1-15(19-13-7-8-14-27(19)29)25-23(28)20-17-11-5-6-12-18(17)26-22(21(20)24)16-9-3-2-4-10-16/h2-15H,24H2,1H3,(H,25,28). The molecule has 2 heterocycles. The zero-order valence-electron chi connectivity index (χ0n) is 15.9. The molecule has 4 aromatic rings. The lowest BCUT2D eigenvalue weighted by molar-refractivity contribution is -0.615. The van der Waals surface area contributed by atoms with E-state index < -0.39 is 6.04 Å². The second kappa shape index (κ2) is 7.59. The van der Waals surface area contributed by atoms with Gasteiger partial charge in [-0.15, -0.1) is 0 Å². The number of nitrogens with zero attached hydrogens (tertiary/aromatic N) is 2. The van der Waals surface area contributed by atoms with Crippen molar-refractivity contribution in [2.24, 2.45) is 0 Å². The first-order valence-electron chi connectivity index (χ1n) is 9.29. The van der Waals surface area contributed by atoms with E-state index in [0.717, 1.165) is 10.3 Å². The van der Waals surface area contributed by atoms with Gasteiger partial charge in [-0.25, -0.2) is 4.98 Å². The minimum absolute atomic E-state index is 0.308. The molecular weight excluding hydrogens is 364 g/mol. The van der Waals surface area contributed by atoms with Crippen LogP contribution in [0.4, 0.5) is 5.69 Å². The summed E-state index contributed by atoms with van der Waals surface area (Å²) in [6.45, 7) is 1.76. The van der Waals surface area contributed by atoms with Gasteiger partial charge in [-0.2, -0.15) is 4.73 Å². The number of para-hydroxylation sites is 1. The van der Waals surface area contributed by atoms with Crippen LogP contribution in [0.25, 0.3) is 22.2 Å². The van der Waals surface area contributed by atoms with Crippen LogP contribution in [0.15, 0.2) is 79.0 Å². The molecule has 1 unspecified atom stereocenters. The first kappa shape index (κ1) is 18.4. The number of anilines is 1. The smallest absolute Gasteiger partial charge is 0.254 e. The van der Waals surface area contributed by atoms with E-state index in [2.05, 4.69) is 10.3 Å². The van der Waals surface area contributed by atoms with Crippen LogP contribution in [0.3, 0.4) is 0 Å². The average molecular weight is 384 g/mol. The first-order valence-corrected chi connectivity index (χ1v) is 9.29. The van der Waals surface area contributed by atoms with Crippen molar-refractivity contribution in [2.45, 2.75) is 13.0 Å². The Hall–Kier alpha value is -3.93. The van der Waals surface area contributed by atoms with Gasteiger partial charge in [-0.05, 0) is 19.1 Å². The maximum Gasteiger partial charge on any atom is 0.254 e. The van der Waals surface area contributed by atoms with Crippen LogP contribution in [0, 0.1) is 5.21 Å². The number of rotatable bonds is 4. The molecule has 0 bridgehead atoms. The third-order valence-electron chi connectivity index (χ3n) is 4.85. The third-order valence-corrected chi connectivity index (χ3v) is 4.85. The number of nitrogens with two attached hydrogens (primary N) is 1. The number of pyridine rings is 2. The molecule has 4 rings (SSSR count). The number of amides is 1. The summed E-state index contributed by atoms with van der Waals surface area (Å²) in [5, 5.41) is 15.6. The fourth-order valence-corrected chi connectivity index (χ4v) is 3.41. The van der Waals surface area contributed by atoms with Gasteiger partial charge >= 0.3 is 0 Å². The first-order chi connectivity index (χ1) is 14.1. The third kappa shape index (κ3) is 3.48. The molecule has 3 N–H and O–H groups in total. The van der Waals surface area contributed by atoms with Crippen LogP contribution >= 0.6 is 0 Å². The highest BCUT2D eigenvalue weighted by Gasteiger charge is 2.23. The number of benzene rings is 2. The van der Waals surface area contributed by atoms with Crippen LogP contribution in [-0.2, 0) is 0 Å². The Morgan fingerprint density at radius 3 is 2.48 bits per heavy atom. The van der Waals surface area contributed by atoms with Gasteiger partial charge in [0, 0.05) is 23.1 Å². The van der Waals surface area contributed by atoms with E-state index in [9.17, 15) is 10.0 Å². The average Bonchev–Trinajstić information content (AvgIpc) is 2.74. The molecule has 6 heteroatoms. The van der Waals surface area contributed by atoms with Crippen molar-refractivity contribution in [1.29, 1.82) is 0 Å². The lowest BCUT2D eigenvalue weighted by atomic mass is 10.0. The molecule has 0 saturated carbocycles. The van der Waals surface area contributed by atoms with Crippen molar-refractivity contribution in [3.05, 3.63) is 95.5 Å². The molecule has 2 aromatic heterocycles. The minimum Gasteiger partial charge on any atom is -0.618 e. The van der Waals surface area contributed by atoms with E-state index in [4.69, 9.17) is 5.73 Å². The van der Waals surface area contributed by atoms with Gasteiger partial charge in [0.1, 0.15) is 6.04 Å². The Labute approximate surface area is 168 Å². The molecule has 0 fully saturated rings. The summed E-state index contributed by atoms with van der Waals surface area (Å²) in [5.74, 6) is -0.352. The van der Waals surface area contributed by atoms with Crippen LogP contribution < -0.4 is 15.8 Å². The van der Waals surface area contributed by atoms with E-state index in [1.165, 1.54) is 6.20 Å². The predicted molar refractivity (Wildman–Crippen MR) is 113 cm³/mol. The molecule has 144 valence electrons. The van der Waals surface area contributed by atoms with Crippen molar-refractivity contribution in [3.8, 4) is 11.3 Å². The summed E-state index contributed by atoms with van der Waals surface area (Å²) in [7, 11) is 0. The topological polar surface area (TPSA) is 95.0 Å². The Balaban J connectivity index is 1.81. The van der Waals surface area contributed by atoms with Gasteiger partial charge in [-0.3, -0.25) is 4.79 Å². The maximum absolute atomic E-state index is 13.2. The molecule has 29 heavy (non-hydrogen) atoms. The van der Waals surface area contributed by atoms with Crippen LogP contribution in [-0.4, -0.2) is 10.9 Å². The van der Waals surface area contributed by atoms with E-state index >= 15 is 0 Å². The fourth-order valence-electron chi connectivity index (χ4n) is 3.41. The summed E-state index contributed by atoms with van der Waals surface area (Å²) < 4.78 is 0.744. The number of carbonyl (C=O) groups excluding carboxylic acids is 1. The molecule has 0 aliphatic carbocycles. The van der Waals surface area contributed by atoms with E-state index in [1.807, 2.05) is 54.6 Å². The highest BCUT2D eigenvalue weighted by Crippen LogP contribution is 2.32. The number of hydrogen-bond donors (Lipinski definition) is 2. The summed E-state index contributed by atoms with van der Waals surface area (Å²) in [6.07, 6.45) is 1.40. The Kier molecular flexibility index (Phi) is 4.83. The zero-order chi connectivity index (χ0) is 20.4. The molecule has 0 spiro atoms. The minimum atomic E-state index is -0.493. The zero-order valence-corrected chi connectivity index (χ0v) is 15.9. The van der Waals surface area contributed by atoms with Gasteiger partial charge in [0.05, 0.1) is 22.5 Å². The normalized spacial score (nSPS) is 11.9. The summed E-state index contributed by atoms with van der Waals surface area (Å²) in [6, 6.07) is 21.5. The molecule has 1 atom stereocenters. The molecule has 0 radical (unpaired) electrons. The lowest BCUT2D eigenvalue weighted by Gasteiger charge is -2.17. The number of carbonyl (C=O) groups is 1. The summed E-state index contributed by atoms with van der Waals surface area (Å²) >= 11 is 0.